The van der Waals surface area contributed by atoms with Crippen molar-refractivity contribution in [2.24, 2.45) is 5.92 Å². The van der Waals surface area contributed by atoms with Gasteiger partial charge in [0.2, 0.25) is 0 Å². The number of para-hydroxylation sites is 1. The fraction of sp³-hybridized carbons (Fsp3) is 0.600. The van der Waals surface area contributed by atoms with Gasteiger partial charge >= 0.3 is 0 Å². The number of hydrogen-bond donors (Lipinski definition) is 1. The minimum Gasteiger partial charge on any atom is -0.397 e. The van der Waals surface area contributed by atoms with Crippen LogP contribution in [0.1, 0.15) is 37.7 Å². The molecule has 17 heavy (non-hydrogen) atoms. The van der Waals surface area contributed by atoms with E-state index in [0.717, 1.165) is 18.2 Å². The van der Waals surface area contributed by atoms with E-state index in [1.165, 1.54) is 43.4 Å². The summed E-state index contributed by atoms with van der Waals surface area (Å²) in [4.78, 5) is 2.32. The number of nitrogens with zero attached hydrogens (tertiary/aromatic N) is 1. The minimum absolute atomic E-state index is 0.902. The first-order chi connectivity index (χ1) is 8.18. The summed E-state index contributed by atoms with van der Waals surface area (Å²) in [7, 11) is 2.16. The first-order valence-electron chi connectivity index (χ1n) is 6.74. The van der Waals surface area contributed by atoms with Crippen LogP contribution in [0.25, 0.3) is 0 Å². The van der Waals surface area contributed by atoms with Gasteiger partial charge in [0.15, 0.2) is 0 Å². The molecule has 1 saturated carbocycles. The Morgan fingerprint density at radius 2 is 2.00 bits per heavy atom. The van der Waals surface area contributed by atoms with Crippen molar-refractivity contribution in [1.82, 2.24) is 0 Å². The van der Waals surface area contributed by atoms with E-state index in [4.69, 9.17) is 5.73 Å². The van der Waals surface area contributed by atoms with Gasteiger partial charge in [0.05, 0.1) is 11.4 Å². The maximum absolute atomic E-state index is 6.06. The Labute approximate surface area is 105 Å². The van der Waals surface area contributed by atoms with Crippen molar-refractivity contribution in [3.05, 3.63) is 23.8 Å². The van der Waals surface area contributed by atoms with Gasteiger partial charge in [-0.05, 0) is 30.9 Å². The van der Waals surface area contributed by atoms with E-state index >= 15 is 0 Å². The van der Waals surface area contributed by atoms with Crippen molar-refractivity contribution in [3.63, 3.8) is 0 Å². The number of rotatable bonds is 4. The third-order valence-corrected chi connectivity index (χ3v) is 4.00. The first-order valence-corrected chi connectivity index (χ1v) is 6.74. The summed E-state index contributed by atoms with van der Waals surface area (Å²) in [6.45, 7) is 3.26. The zero-order chi connectivity index (χ0) is 12.3. The fourth-order valence-corrected chi connectivity index (χ4v) is 2.99. The van der Waals surface area contributed by atoms with Crippen molar-refractivity contribution < 1.29 is 0 Å². The van der Waals surface area contributed by atoms with E-state index < -0.39 is 0 Å². The highest BCUT2D eigenvalue weighted by Gasteiger charge is 2.16. The Hall–Kier alpha value is -1.18. The molecule has 0 atom stereocenters. The molecule has 2 nitrogen and oxygen atoms in total. The summed E-state index contributed by atoms with van der Waals surface area (Å²) in [5, 5.41) is 0. The Morgan fingerprint density at radius 1 is 1.29 bits per heavy atom. The number of nitrogen functional groups attached to an aromatic ring is 1. The zero-order valence-corrected chi connectivity index (χ0v) is 11.1. The molecule has 0 saturated heterocycles. The second-order valence-corrected chi connectivity index (χ2v) is 5.37. The smallest absolute Gasteiger partial charge is 0.0627 e. The molecule has 0 aromatic heterocycles. The van der Waals surface area contributed by atoms with Gasteiger partial charge < -0.3 is 10.6 Å². The second kappa shape index (κ2) is 5.44. The summed E-state index contributed by atoms with van der Waals surface area (Å²) in [5.74, 6) is 0.947. The van der Waals surface area contributed by atoms with Crippen LogP contribution in [0.3, 0.4) is 0 Å². The minimum atomic E-state index is 0.902. The predicted octanol–water partition coefficient (Wildman–Crippen LogP) is 3.59. The molecule has 0 bridgehead atoms. The lowest BCUT2D eigenvalue weighted by Crippen LogP contribution is -2.22. The van der Waals surface area contributed by atoms with Crippen LogP contribution in [0.5, 0.6) is 0 Å². The van der Waals surface area contributed by atoms with Crippen LogP contribution < -0.4 is 10.6 Å². The van der Waals surface area contributed by atoms with E-state index in [-0.39, 0.29) is 0 Å². The standard InChI is InChI=1S/C15H24N2/c1-12-6-5-9-14(16)15(12)17(2)11-10-13-7-3-4-8-13/h5-6,9,13H,3-4,7-8,10-11,16H2,1-2H3. The molecule has 0 unspecified atom stereocenters. The average molecular weight is 232 g/mol. The van der Waals surface area contributed by atoms with Crippen LogP contribution in [0, 0.1) is 12.8 Å². The van der Waals surface area contributed by atoms with Gasteiger partial charge in [-0.2, -0.15) is 0 Å². The van der Waals surface area contributed by atoms with E-state index in [2.05, 4.69) is 24.9 Å². The predicted molar refractivity (Wildman–Crippen MR) is 75.4 cm³/mol. The molecule has 2 rings (SSSR count). The normalized spacial score (nSPS) is 16.4. The number of aryl methyl sites for hydroxylation is 1. The molecule has 1 aromatic carbocycles. The molecule has 1 fully saturated rings. The monoisotopic (exact) mass is 232 g/mol. The molecule has 1 aliphatic rings. The van der Waals surface area contributed by atoms with Gasteiger partial charge in [-0.15, -0.1) is 0 Å². The quantitative estimate of drug-likeness (QED) is 0.804. The topological polar surface area (TPSA) is 29.3 Å². The Morgan fingerprint density at radius 3 is 2.65 bits per heavy atom. The van der Waals surface area contributed by atoms with Crippen molar-refractivity contribution in [3.8, 4) is 0 Å². The highest BCUT2D eigenvalue weighted by Crippen LogP contribution is 2.30. The molecule has 2 heteroatoms. The third kappa shape index (κ3) is 2.93. The van der Waals surface area contributed by atoms with Crippen molar-refractivity contribution in [2.45, 2.75) is 39.0 Å². The molecule has 2 N–H and O–H groups in total. The van der Waals surface area contributed by atoms with Gasteiger partial charge in [-0.25, -0.2) is 0 Å². The van der Waals surface area contributed by atoms with Crippen molar-refractivity contribution in [1.29, 1.82) is 0 Å². The van der Waals surface area contributed by atoms with Gasteiger partial charge in [0.25, 0.3) is 0 Å². The number of hydrogen-bond acceptors (Lipinski definition) is 2. The summed E-state index contributed by atoms with van der Waals surface area (Å²) in [6.07, 6.45) is 7.03. The Bertz CT molecular complexity index is 347. The molecule has 94 valence electrons. The Kier molecular flexibility index (Phi) is 3.93. The molecule has 0 aliphatic heterocycles. The summed E-state index contributed by atoms with van der Waals surface area (Å²) in [5.41, 5.74) is 9.46. The van der Waals surface area contributed by atoms with Crippen LogP contribution in [0.2, 0.25) is 0 Å². The SMILES string of the molecule is Cc1cccc(N)c1N(C)CCC1CCCC1. The molecule has 0 heterocycles. The number of benzene rings is 1. The second-order valence-electron chi connectivity index (χ2n) is 5.37. The van der Waals surface area contributed by atoms with Crippen LogP contribution in [0.4, 0.5) is 11.4 Å². The van der Waals surface area contributed by atoms with E-state index in [1.54, 1.807) is 0 Å². The van der Waals surface area contributed by atoms with E-state index in [0.29, 0.717) is 0 Å². The average Bonchev–Trinajstić information content (AvgIpc) is 2.79. The maximum atomic E-state index is 6.06. The number of anilines is 2. The largest absolute Gasteiger partial charge is 0.397 e. The van der Waals surface area contributed by atoms with E-state index in [9.17, 15) is 0 Å². The first kappa shape index (κ1) is 12.3. The lowest BCUT2D eigenvalue weighted by atomic mass is 10.0. The van der Waals surface area contributed by atoms with Gasteiger partial charge in [0.1, 0.15) is 0 Å². The summed E-state index contributed by atoms with van der Waals surface area (Å²) >= 11 is 0. The highest BCUT2D eigenvalue weighted by molar-refractivity contribution is 5.70. The van der Waals surface area contributed by atoms with Gasteiger partial charge in [0, 0.05) is 13.6 Å². The van der Waals surface area contributed by atoms with Gasteiger partial charge in [-0.1, -0.05) is 37.8 Å². The van der Waals surface area contributed by atoms with Crippen LogP contribution in [-0.2, 0) is 0 Å². The Balaban J connectivity index is 1.96. The highest BCUT2D eigenvalue weighted by atomic mass is 15.1. The molecule has 0 spiro atoms. The lowest BCUT2D eigenvalue weighted by Gasteiger charge is -2.24. The van der Waals surface area contributed by atoms with Gasteiger partial charge in [-0.3, -0.25) is 0 Å². The third-order valence-electron chi connectivity index (χ3n) is 4.00. The van der Waals surface area contributed by atoms with Crippen LogP contribution in [-0.4, -0.2) is 13.6 Å². The molecular formula is C15H24N2. The maximum Gasteiger partial charge on any atom is 0.0627 e. The van der Waals surface area contributed by atoms with Crippen molar-refractivity contribution in [2.75, 3.05) is 24.2 Å². The van der Waals surface area contributed by atoms with Crippen LogP contribution in [0.15, 0.2) is 18.2 Å². The summed E-state index contributed by atoms with van der Waals surface area (Å²) < 4.78 is 0. The number of nitrogens with two attached hydrogens (primary N) is 1. The molecule has 1 aromatic rings. The zero-order valence-electron chi connectivity index (χ0n) is 11.1. The molecule has 1 aliphatic carbocycles. The fourth-order valence-electron chi connectivity index (χ4n) is 2.99. The van der Waals surface area contributed by atoms with Crippen LogP contribution >= 0.6 is 0 Å². The molecular weight excluding hydrogens is 208 g/mol. The van der Waals surface area contributed by atoms with E-state index in [1.807, 2.05) is 12.1 Å². The lowest BCUT2D eigenvalue weighted by molar-refractivity contribution is 0.505. The molecule has 0 amide bonds. The van der Waals surface area contributed by atoms with Crippen molar-refractivity contribution >= 4 is 11.4 Å². The summed E-state index contributed by atoms with van der Waals surface area (Å²) in [6, 6.07) is 6.16. The molecule has 0 radical (unpaired) electrons.